The Balaban J connectivity index is -0.0000000800. The Labute approximate surface area is 63.6 Å². The Kier molecular flexibility index (Phi) is 21.7. The molecule has 0 aliphatic rings. The largest absolute Gasteiger partial charge is 2.00 e. The second-order valence-electron chi connectivity index (χ2n) is 0.747. The van der Waals surface area contributed by atoms with Crippen LogP contribution in [0.5, 0.6) is 0 Å². The minimum atomic E-state index is -0.745. The van der Waals surface area contributed by atoms with Crippen LogP contribution >= 0.6 is 0 Å². The summed E-state index contributed by atoms with van der Waals surface area (Å²) in [4.78, 5) is 9.37. The molecule has 0 rings (SSSR count). The summed E-state index contributed by atoms with van der Waals surface area (Å²) in [7, 11) is 0. The van der Waals surface area contributed by atoms with E-state index in [2.05, 4.69) is 0 Å². The summed E-state index contributed by atoms with van der Waals surface area (Å²) in [5.74, 6) is -0.745. The van der Waals surface area contributed by atoms with Crippen LogP contribution in [0.3, 0.4) is 0 Å². The second kappa shape index (κ2) is 9.72. The third-order valence-electron chi connectivity index (χ3n) is 0.302. The normalized spacial score (nSPS) is 5.29. The SMILES string of the molecule is CCC(=O)O.[Cu+2].[Cu+2]. The summed E-state index contributed by atoms with van der Waals surface area (Å²) < 4.78 is 0. The van der Waals surface area contributed by atoms with E-state index < -0.39 is 5.97 Å². The number of carboxylic acids is 1. The standard InChI is InChI=1S/C3H6O2.2Cu/c1-2-3(4)5;;/h2H2,1H3,(H,4,5);;/q;2*+2. The molecule has 0 heterocycles. The van der Waals surface area contributed by atoms with Crippen LogP contribution in [-0.4, -0.2) is 11.1 Å². The summed E-state index contributed by atoms with van der Waals surface area (Å²) in [6, 6.07) is 0. The maximum Gasteiger partial charge on any atom is 2.00 e. The van der Waals surface area contributed by atoms with Gasteiger partial charge in [0.25, 0.3) is 0 Å². The number of hydrogen-bond donors (Lipinski definition) is 1. The number of rotatable bonds is 1. The second-order valence-corrected chi connectivity index (χ2v) is 0.747. The molecule has 0 aliphatic heterocycles. The molecule has 0 unspecified atom stereocenters. The van der Waals surface area contributed by atoms with E-state index in [0.29, 0.717) is 0 Å². The van der Waals surface area contributed by atoms with E-state index in [1.807, 2.05) is 0 Å². The average Bonchev–Trinajstić information content (AvgIpc) is 1.38. The van der Waals surface area contributed by atoms with E-state index in [0.717, 1.165) is 0 Å². The molecule has 0 amide bonds. The topological polar surface area (TPSA) is 37.3 Å². The number of carboxylic acid groups (broad SMARTS) is 1. The minimum Gasteiger partial charge on any atom is -0.481 e. The van der Waals surface area contributed by atoms with Gasteiger partial charge in [0.15, 0.2) is 0 Å². The third kappa shape index (κ3) is 21.0. The van der Waals surface area contributed by atoms with Gasteiger partial charge in [0, 0.05) is 6.42 Å². The molecule has 2 radical (unpaired) electrons. The van der Waals surface area contributed by atoms with Crippen LogP contribution in [0.15, 0.2) is 0 Å². The molecule has 0 saturated carbocycles. The molecule has 0 aliphatic carbocycles. The third-order valence-corrected chi connectivity index (χ3v) is 0.302. The van der Waals surface area contributed by atoms with Crippen LogP contribution in [0.2, 0.25) is 0 Å². The van der Waals surface area contributed by atoms with E-state index in [1.165, 1.54) is 0 Å². The zero-order valence-electron chi connectivity index (χ0n) is 3.67. The first-order valence-corrected chi connectivity index (χ1v) is 1.49. The van der Waals surface area contributed by atoms with E-state index in [1.54, 1.807) is 6.92 Å². The van der Waals surface area contributed by atoms with Crippen molar-refractivity contribution < 1.29 is 44.0 Å². The Morgan fingerprint density at radius 2 is 1.71 bits per heavy atom. The fourth-order valence-corrected chi connectivity index (χ4v) is 0. The van der Waals surface area contributed by atoms with Gasteiger partial charge < -0.3 is 5.11 Å². The van der Waals surface area contributed by atoms with Gasteiger partial charge in [-0.25, -0.2) is 0 Å². The maximum atomic E-state index is 9.37. The molecular formula is C3H6Cu2O2+4. The Morgan fingerprint density at radius 1 is 1.57 bits per heavy atom. The van der Waals surface area contributed by atoms with Crippen molar-refractivity contribution in [3.05, 3.63) is 0 Å². The van der Waals surface area contributed by atoms with E-state index >= 15 is 0 Å². The summed E-state index contributed by atoms with van der Waals surface area (Å²) in [5.41, 5.74) is 0. The van der Waals surface area contributed by atoms with Crippen molar-refractivity contribution in [2.45, 2.75) is 13.3 Å². The average molecular weight is 201 g/mol. The van der Waals surface area contributed by atoms with E-state index in [-0.39, 0.29) is 40.6 Å². The van der Waals surface area contributed by atoms with Crippen molar-refractivity contribution in [1.29, 1.82) is 0 Å². The molecule has 0 saturated heterocycles. The molecule has 7 heavy (non-hydrogen) atoms. The quantitative estimate of drug-likeness (QED) is 0.626. The van der Waals surface area contributed by atoms with Gasteiger partial charge in [0.2, 0.25) is 0 Å². The molecule has 0 atom stereocenters. The van der Waals surface area contributed by atoms with Crippen molar-refractivity contribution in [1.82, 2.24) is 0 Å². The monoisotopic (exact) mass is 200 g/mol. The van der Waals surface area contributed by atoms with Gasteiger partial charge in [0.05, 0.1) is 0 Å². The fraction of sp³-hybridized carbons (Fsp3) is 0.667. The van der Waals surface area contributed by atoms with Crippen molar-refractivity contribution in [2.24, 2.45) is 0 Å². The molecule has 0 spiro atoms. The first-order valence-electron chi connectivity index (χ1n) is 1.49. The molecule has 0 aromatic carbocycles. The van der Waals surface area contributed by atoms with Crippen molar-refractivity contribution in [3.63, 3.8) is 0 Å². The minimum absolute atomic E-state index is 0. The molecule has 48 valence electrons. The van der Waals surface area contributed by atoms with Gasteiger partial charge in [0.1, 0.15) is 0 Å². The molecule has 1 N–H and O–H groups in total. The molecule has 4 heteroatoms. The van der Waals surface area contributed by atoms with Crippen LogP contribution in [0.25, 0.3) is 0 Å². The van der Waals surface area contributed by atoms with Crippen molar-refractivity contribution in [2.75, 3.05) is 0 Å². The Morgan fingerprint density at radius 3 is 1.71 bits per heavy atom. The Hall–Kier alpha value is 0.509. The first kappa shape index (κ1) is 15.6. The van der Waals surface area contributed by atoms with Gasteiger partial charge >= 0.3 is 40.1 Å². The number of aliphatic carboxylic acids is 1. The smallest absolute Gasteiger partial charge is 0.481 e. The summed E-state index contributed by atoms with van der Waals surface area (Å²) in [5, 5.41) is 7.72. The fourth-order valence-electron chi connectivity index (χ4n) is 0. The van der Waals surface area contributed by atoms with Crippen LogP contribution in [0, 0.1) is 0 Å². The van der Waals surface area contributed by atoms with Crippen LogP contribution in [-0.2, 0) is 38.9 Å². The molecule has 0 fully saturated rings. The predicted molar refractivity (Wildman–Crippen MR) is 17.9 cm³/mol. The summed E-state index contributed by atoms with van der Waals surface area (Å²) in [6.07, 6.45) is 0.222. The van der Waals surface area contributed by atoms with Crippen molar-refractivity contribution in [3.8, 4) is 0 Å². The van der Waals surface area contributed by atoms with Crippen LogP contribution in [0.1, 0.15) is 13.3 Å². The van der Waals surface area contributed by atoms with E-state index in [9.17, 15) is 4.79 Å². The van der Waals surface area contributed by atoms with Crippen LogP contribution in [0.4, 0.5) is 0 Å². The van der Waals surface area contributed by atoms with Crippen molar-refractivity contribution >= 4 is 5.97 Å². The summed E-state index contributed by atoms with van der Waals surface area (Å²) in [6.45, 7) is 1.60. The molecule has 0 aromatic rings. The zero-order valence-corrected chi connectivity index (χ0v) is 5.55. The van der Waals surface area contributed by atoms with Gasteiger partial charge in [-0.2, -0.15) is 0 Å². The molecule has 0 bridgehead atoms. The molecule has 2 nitrogen and oxygen atoms in total. The zero-order chi connectivity index (χ0) is 4.28. The first-order chi connectivity index (χ1) is 2.27. The van der Waals surface area contributed by atoms with Gasteiger partial charge in [-0.1, -0.05) is 6.92 Å². The van der Waals surface area contributed by atoms with E-state index in [4.69, 9.17) is 5.11 Å². The molecule has 0 aromatic heterocycles. The molecular weight excluding hydrogens is 195 g/mol. The van der Waals surface area contributed by atoms with Crippen LogP contribution < -0.4 is 0 Å². The number of carbonyl (C=O) groups is 1. The Bertz CT molecular complexity index is 46.2. The van der Waals surface area contributed by atoms with Gasteiger partial charge in [-0.15, -0.1) is 0 Å². The van der Waals surface area contributed by atoms with Gasteiger partial charge in [-0.05, 0) is 0 Å². The van der Waals surface area contributed by atoms with Gasteiger partial charge in [-0.3, -0.25) is 4.79 Å². The maximum absolute atomic E-state index is 9.37. The number of hydrogen-bond acceptors (Lipinski definition) is 1. The predicted octanol–water partition coefficient (Wildman–Crippen LogP) is 0.476. The summed E-state index contributed by atoms with van der Waals surface area (Å²) >= 11 is 0.